The molecule has 0 saturated carbocycles. The molecule has 2 aliphatic rings. The number of piperidine rings is 2. The third kappa shape index (κ3) is 5.51. The molecule has 1 N–H and O–H groups in total. The second-order valence-electron chi connectivity index (χ2n) is 10.3. The topological polar surface area (TPSA) is 78.7 Å². The summed E-state index contributed by atoms with van der Waals surface area (Å²) in [5.74, 6) is 0.520. The predicted octanol–water partition coefficient (Wildman–Crippen LogP) is 5.30. The molecule has 0 unspecified atom stereocenters. The van der Waals surface area contributed by atoms with Gasteiger partial charge in [-0.2, -0.15) is 0 Å². The summed E-state index contributed by atoms with van der Waals surface area (Å²) in [4.78, 5) is 34.9. The number of likely N-dealkylation sites (tertiary alicyclic amines) is 2. The second-order valence-corrected chi connectivity index (χ2v) is 11.2. The largest absolute Gasteiger partial charge is 0.451 e. The van der Waals surface area contributed by atoms with Crippen LogP contribution in [-0.4, -0.2) is 58.8 Å². The number of nitrogens with zero attached hydrogens (tertiary/aromatic N) is 3. The molecule has 2 aliphatic heterocycles. The third-order valence-electron chi connectivity index (χ3n) is 7.69. The summed E-state index contributed by atoms with van der Waals surface area (Å²) >= 11 is 1.55. The van der Waals surface area contributed by atoms with E-state index >= 15 is 0 Å². The van der Waals surface area contributed by atoms with Crippen molar-refractivity contribution < 1.29 is 14.0 Å². The summed E-state index contributed by atoms with van der Waals surface area (Å²) in [6.45, 7) is 4.23. The summed E-state index contributed by atoms with van der Waals surface area (Å²) in [5.41, 5.74) is 2.57. The summed E-state index contributed by atoms with van der Waals surface area (Å²) in [6.07, 6.45) is 3.57. The Morgan fingerprint density at radius 1 is 0.947 bits per heavy atom. The average Bonchev–Trinajstić information content (AvgIpc) is 3.63. The molecule has 2 aromatic heterocycles. The minimum absolute atomic E-state index is 0.0614. The number of rotatable bonds is 6. The van der Waals surface area contributed by atoms with E-state index in [-0.39, 0.29) is 23.8 Å². The minimum atomic E-state index is -0.0773. The first-order valence-corrected chi connectivity index (χ1v) is 14.3. The van der Waals surface area contributed by atoms with Gasteiger partial charge in [-0.05, 0) is 43.4 Å². The third-order valence-corrected chi connectivity index (χ3v) is 8.70. The first kappa shape index (κ1) is 24.8. The standard InChI is InChI=1S/C30H32N4O3S/c35-28(31-24-12-14-33(15-13-24)19-21-6-2-1-3-7-21)25-20-38-29(32-25)22-10-16-34(17-11-22)30(36)27-18-23-8-4-5-9-26(23)37-27/h1-9,18,20,22,24H,10-17,19H2,(H,31,35). The Bertz CT molecular complexity index is 1370. The van der Waals surface area contributed by atoms with Crippen molar-refractivity contribution in [2.24, 2.45) is 0 Å². The van der Waals surface area contributed by atoms with E-state index in [1.807, 2.05) is 46.7 Å². The summed E-state index contributed by atoms with van der Waals surface area (Å²) in [6, 6.07) is 20.2. The van der Waals surface area contributed by atoms with Crippen molar-refractivity contribution in [3.8, 4) is 0 Å². The fourth-order valence-electron chi connectivity index (χ4n) is 5.49. The molecule has 4 aromatic rings. The average molecular weight is 529 g/mol. The van der Waals surface area contributed by atoms with Crippen LogP contribution in [0, 0.1) is 0 Å². The van der Waals surface area contributed by atoms with Crippen molar-refractivity contribution in [1.82, 2.24) is 20.1 Å². The van der Waals surface area contributed by atoms with E-state index in [0.29, 0.717) is 24.5 Å². The van der Waals surface area contributed by atoms with Crippen LogP contribution in [0.3, 0.4) is 0 Å². The molecule has 2 fully saturated rings. The molecule has 2 saturated heterocycles. The number of nitrogens with one attached hydrogen (secondary N) is 1. The van der Waals surface area contributed by atoms with Crippen molar-refractivity contribution in [2.75, 3.05) is 26.2 Å². The number of carbonyl (C=O) groups excluding carboxylic acids is 2. The predicted molar refractivity (Wildman–Crippen MR) is 148 cm³/mol. The molecule has 0 atom stereocenters. The highest BCUT2D eigenvalue weighted by molar-refractivity contribution is 7.09. The van der Waals surface area contributed by atoms with Gasteiger partial charge >= 0.3 is 0 Å². The van der Waals surface area contributed by atoms with Crippen LogP contribution in [0.4, 0.5) is 0 Å². The SMILES string of the molecule is O=C(NC1CCN(Cc2ccccc2)CC1)c1csc(C2CCN(C(=O)c3cc4ccccc4o3)CC2)n1. The number of furan rings is 1. The van der Waals surface area contributed by atoms with Gasteiger partial charge in [-0.1, -0.05) is 48.5 Å². The van der Waals surface area contributed by atoms with Gasteiger partial charge in [0.05, 0.1) is 5.01 Å². The van der Waals surface area contributed by atoms with Crippen molar-refractivity contribution in [1.29, 1.82) is 0 Å². The molecule has 0 aliphatic carbocycles. The fourth-order valence-corrected chi connectivity index (χ4v) is 6.46. The smallest absolute Gasteiger partial charge is 0.289 e. The molecule has 4 heterocycles. The number of hydrogen-bond acceptors (Lipinski definition) is 6. The first-order valence-electron chi connectivity index (χ1n) is 13.4. The van der Waals surface area contributed by atoms with E-state index in [1.54, 1.807) is 11.3 Å². The lowest BCUT2D eigenvalue weighted by atomic mass is 9.97. The van der Waals surface area contributed by atoms with E-state index in [9.17, 15) is 9.59 Å². The summed E-state index contributed by atoms with van der Waals surface area (Å²) < 4.78 is 5.77. The van der Waals surface area contributed by atoms with Crippen LogP contribution in [0.1, 0.15) is 63.2 Å². The lowest BCUT2D eigenvalue weighted by Crippen LogP contribution is -2.44. The monoisotopic (exact) mass is 528 g/mol. The number of hydrogen-bond donors (Lipinski definition) is 1. The molecule has 7 nitrogen and oxygen atoms in total. The molecular weight excluding hydrogens is 496 g/mol. The molecule has 8 heteroatoms. The highest BCUT2D eigenvalue weighted by Crippen LogP contribution is 2.31. The van der Waals surface area contributed by atoms with Gasteiger partial charge in [0.2, 0.25) is 0 Å². The molecule has 0 bridgehead atoms. The second kappa shape index (κ2) is 11.1. The molecule has 2 amide bonds. The van der Waals surface area contributed by atoms with Gasteiger partial charge in [0.1, 0.15) is 11.3 Å². The zero-order chi connectivity index (χ0) is 25.9. The molecule has 0 spiro atoms. The molecule has 38 heavy (non-hydrogen) atoms. The molecule has 2 aromatic carbocycles. The van der Waals surface area contributed by atoms with Crippen LogP contribution >= 0.6 is 11.3 Å². The number of amides is 2. The van der Waals surface area contributed by atoms with E-state index in [0.717, 1.165) is 61.3 Å². The number of para-hydroxylation sites is 1. The van der Waals surface area contributed by atoms with Gasteiger partial charge in [-0.25, -0.2) is 4.98 Å². The van der Waals surface area contributed by atoms with Crippen molar-refractivity contribution >= 4 is 34.1 Å². The van der Waals surface area contributed by atoms with Crippen LogP contribution < -0.4 is 5.32 Å². The van der Waals surface area contributed by atoms with Gasteiger partial charge in [0.15, 0.2) is 5.76 Å². The maximum atomic E-state index is 13.0. The Hall–Kier alpha value is -3.49. The maximum Gasteiger partial charge on any atom is 0.289 e. The Kier molecular flexibility index (Phi) is 7.25. The van der Waals surface area contributed by atoms with Gasteiger partial charge < -0.3 is 14.6 Å². The van der Waals surface area contributed by atoms with E-state index in [1.165, 1.54) is 5.56 Å². The Morgan fingerprint density at radius 2 is 1.68 bits per heavy atom. The molecular formula is C30H32N4O3S. The van der Waals surface area contributed by atoms with E-state index in [2.05, 4.69) is 34.5 Å². The van der Waals surface area contributed by atoms with Gasteiger partial charge in [0, 0.05) is 55.4 Å². The number of fused-ring (bicyclic) bond motifs is 1. The van der Waals surface area contributed by atoms with E-state index in [4.69, 9.17) is 9.40 Å². The zero-order valence-electron chi connectivity index (χ0n) is 21.3. The van der Waals surface area contributed by atoms with Crippen LogP contribution in [0.25, 0.3) is 11.0 Å². The van der Waals surface area contributed by atoms with Gasteiger partial charge in [-0.15, -0.1) is 11.3 Å². The van der Waals surface area contributed by atoms with Crippen molar-refractivity contribution in [3.63, 3.8) is 0 Å². The lowest BCUT2D eigenvalue weighted by molar-refractivity contribution is 0.0683. The highest BCUT2D eigenvalue weighted by atomic mass is 32.1. The zero-order valence-corrected chi connectivity index (χ0v) is 22.2. The maximum absolute atomic E-state index is 13.0. The van der Waals surface area contributed by atoms with E-state index < -0.39 is 0 Å². The van der Waals surface area contributed by atoms with Crippen LogP contribution in [0.2, 0.25) is 0 Å². The fraction of sp³-hybridized carbons (Fsp3) is 0.367. The molecule has 196 valence electrons. The quantitative estimate of drug-likeness (QED) is 0.367. The summed E-state index contributed by atoms with van der Waals surface area (Å²) in [5, 5.41) is 7.01. The normalized spacial score (nSPS) is 17.6. The minimum Gasteiger partial charge on any atom is -0.451 e. The van der Waals surface area contributed by atoms with Gasteiger partial charge in [0.25, 0.3) is 11.8 Å². The highest BCUT2D eigenvalue weighted by Gasteiger charge is 2.29. The number of benzene rings is 2. The van der Waals surface area contributed by atoms with Crippen molar-refractivity contribution in [2.45, 2.75) is 44.2 Å². The Balaban J connectivity index is 0.979. The summed E-state index contributed by atoms with van der Waals surface area (Å²) in [7, 11) is 0. The lowest BCUT2D eigenvalue weighted by Gasteiger charge is -2.32. The molecule has 6 rings (SSSR count). The van der Waals surface area contributed by atoms with Crippen LogP contribution in [-0.2, 0) is 6.54 Å². The Labute approximate surface area is 226 Å². The Morgan fingerprint density at radius 3 is 2.45 bits per heavy atom. The number of aromatic nitrogens is 1. The first-order chi connectivity index (χ1) is 18.6. The number of carbonyl (C=O) groups is 2. The number of thiazole rings is 1. The van der Waals surface area contributed by atoms with Gasteiger partial charge in [-0.3, -0.25) is 14.5 Å². The van der Waals surface area contributed by atoms with Crippen LogP contribution in [0.5, 0.6) is 0 Å². The van der Waals surface area contributed by atoms with Crippen molar-refractivity contribution in [3.05, 3.63) is 88.1 Å². The van der Waals surface area contributed by atoms with Crippen LogP contribution in [0.15, 0.2) is 70.5 Å². The molecule has 0 radical (unpaired) electrons.